The molecule has 0 N–H and O–H groups in total. The van der Waals surface area contributed by atoms with E-state index in [0.29, 0.717) is 12.0 Å². The molecule has 0 bridgehead atoms. The maximum Gasteiger partial charge on any atom is 0.0168 e. The van der Waals surface area contributed by atoms with E-state index in [-0.39, 0.29) is 21.7 Å². The van der Waals surface area contributed by atoms with Crippen LogP contribution in [0.4, 0.5) is 8.78 Å². The van der Waals surface area contributed by atoms with Gasteiger partial charge in [-0.1, -0.05) is 26.2 Å². The predicted molar refractivity (Wildman–Crippen MR) is 43.8 cm³/mol. The normalized spacial score (nSPS) is 9.46. The Hall–Kier alpha value is -0.206. The fourth-order valence-electron chi connectivity index (χ4n) is 1.03. The molecule has 0 aliphatic carbocycles. The van der Waals surface area contributed by atoms with Crippen LogP contribution >= 0.6 is 0 Å². The molecule has 0 fully saturated rings. The van der Waals surface area contributed by atoms with Crippen molar-refractivity contribution in [1.82, 2.24) is 0 Å². The first kappa shape index (κ1) is 12.8. The predicted octanol–water partition coefficient (Wildman–Crippen LogP) is 3.11. The second-order valence-corrected chi connectivity index (χ2v) is 2.75. The van der Waals surface area contributed by atoms with Gasteiger partial charge in [-0.05, 0) is 0 Å². The minimum Gasteiger partial charge on any atom is -0.236 e. The number of benzene rings is 1. The first-order valence-electron chi connectivity index (χ1n) is 4.10. The molecule has 70 valence electrons. The van der Waals surface area contributed by atoms with Crippen LogP contribution in [0.2, 0.25) is 0 Å². The van der Waals surface area contributed by atoms with Crippen molar-refractivity contribution in [2.24, 2.45) is 0 Å². The van der Waals surface area contributed by atoms with Gasteiger partial charge in [0.15, 0.2) is 0 Å². The molecule has 0 radical (unpaired) electrons. The van der Waals surface area contributed by atoms with E-state index >= 15 is 0 Å². The maximum absolute atomic E-state index is 12.9. The fraction of sp³-hybridized carbons (Fsp3) is 0.400. The summed E-state index contributed by atoms with van der Waals surface area (Å²) in [6.07, 6.45) is 2.60. The zero-order valence-electron chi connectivity index (χ0n) is 7.53. The summed E-state index contributed by atoms with van der Waals surface area (Å²) >= 11 is 0. The van der Waals surface area contributed by atoms with Gasteiger partial charge in [-0.25, -0.2) is 8.78 Å². The van der Waals surface area contributed by atoms with Gasteiger partial charge >= 0.3 is 0 Å². The number of hydrogen-bond acceptors (Lipinski definition) is 0. The van der Waals surface area contributed by atoms with Crippen LogP contribution in [0.25, 0.3) is 0 Å². The standard InChI is InChI=1S/C10H11F2.Ti/c1-2-3-4-8-5-6-9(11)7-10(8)12;/h5-6H,2-4H2,1H3;/q-1;. The molecular weight excluding hydrogens is 206 g/mol. The van der Waals surface area contributed by atoms with E-state index in [1.807, 2.05) is 13.0 Å². The molecule has 0 spiro atoms. The second kappa shape index (κ2) is 6.28. The summed E-state index contributed by atoms with van der Waals surface area (Å²) in [5.41, 5.74) is 0.554. The average Bonchev–Trinajstić information content (AvgIpc) is 2.03. The Morgan fingerprint density at radius 1 is 1.31 bits per heavy atom. The van der Waals surface area contributed by atoms with Crippen molar-refractivity contribution >= 4 is 0 Å². The van der Waals surface area contributed by atoms with Gasteiger partial charge in [0.1, 0.15) is 0 Å². The van der Waals surface area contributed by atoms with Gasteiger partial charge in [-0.2, -0.15) is 6.07 Å². The van der Waals surface area contributed by atoms with Gasteiger partial charge < -0.3 is 0 Å². The summed E-state index contributed by atoms with van der Waals surface area (Å²) in [5.74, 6) is -1.18. The van der Waals surface area contributed by atoms with Crippen molar-refractivity contribution in [2.45, 2.75) is 26.2 Å². The Morgan fingerprint density at radius 2 is 2.00 bits per heavy atom. The van der Waals surface area contributed by atoms with Gasteiger partial charge in [-0.15, -0.1) is 17.7 Å². The van der Waals surface area contributed by atoms with E-state index in [1.165, 1.54) is 12.1 Å². The molecule has 1 aromatic rings. The summed E-state index contributed by atoms with van der Waals surface area (Å²) in [6.45, 7) is 2.03. The van der Waals surface area contributed by atoms with E-state index in [0.717, 1.165) is 12.8 Å². The van der Waals surface area contributed by atoms with Crippen LogP contribution in [-0.4, -0.2) is 0 Å². The number of unbranched alkanes of at least 4 members (excludes halogenated alkanes) is 1. The van der Waals surface area contributed by atoms with Crippen LogP contribution < -0.4 is 0 Å². The molecule has 1 aromatic carbocycles. The molecule has 0 aromatic heterocycles. The van der Waals surface area contributed by atoms with Crippen LogP contribution in [0.5, 0.6) is 0 Å². The topological polar surface area (TPSA) is 0 Å². The first-order chi connectivity index (χ1) is 5.74. The summed E-state index contributed by atoms with van der Waals surface area (Å²) in [4.78, 5) is 0. The Balaban J connectivity index is 0.00000144. The molecule has 0 saturated carbocycles. The summed E-state index contributed by atoms with van der Waals surface area (Å²) < 4.78 is 25.3. The van der Waals surface area contributed by atoms with E-state index in [4.69, 9.17) is 0 Å². The molecule has 0 aliphatic heterocycles. The molecule has 0 unspecified atom stereocenters. The van der Waals surface area contributed by atoms with Crippen LogP contribution in [0, 0.1) is 17.7 Å². The van der Waals surface area contributed by atoms with E-state index in [9.17, 15) is 8.78 Å². The average molecular weight is 217 g/mol. The second-order valence-electron chi connectivity index (χ2n) is 2.75. The van der Waals surface area contributed by atoms with E-state index in [1.54, 1.807) is 0 Å². The Labute approximate surface area is 92.2 Å². The van der Waals surface area contributed by atoms with Gasteiger partial charge in [0.25, 0.3) is 0 Å². The van der Waals surface area contributed by atoms with Crippen molar-refractivity contribution in [3.63, 3.8) is 0 Å². The van der Waals surface area contributed by atoms with Gasteiger partial charge in [0, 0.05) is 33.4 Å². The minimum atomic E-state index is -0.632. The third-order valence-electron chi connectivity index (χ3n) is 1.74. The van der Waals surface area contributed by atoms with Crippen LogP contribution in [0.15, 0.2) is 12.1 Å². The molecule has 0 amide bonds. The molecule has 0 atom stereocenters. The SMILES string of the molecule is CCCCc1ccc(F)[c-]c1F.[Ti]. The van der Waals surface area contributed by atoms with Crippen LogP contribution in [0.1, 0.15) is 25.3 Å². The minimum absolute atomic E-state index is 0. The summed E-state index contributed by atoms with van der Waals surface area (Å²) in [5, 5.41) is 0. The third kappa shape index (κ3) is 4.01. The Kier molecular flexibility index (Phi) is 6.18. The molecule has 13 heavy (non-hydrogen) atoms. The van der Waals surface area contributed by atoms with Crippen molar-refractivity contribution in [2.75, 3.05) is 0 Å². The van der Waals surface area contributed by atoms with Crippen molar-refractivity contribution in [3.05, 3.63) is 35.4 Å². The van der Waals surface area contributed by atoms with Gasteiger partial charge in [0.05, 0.1) is 0 Å². The molecular formula is C10H11F2Ti-. The molecule has 0 aliphatic rings. The zero-order chi connectivity index (χ0) is 8.97. The van der Waals surface area contributed by atoms with Crippen molar-refractivity contribution < 1.29 is 30.5 Å². The number of rotatable bonds is 3. The van der Waals surface area contributed by atoms with Gasteiger partial charge in [0.2, 0.25) is 0 Å². The zero-order valence-corrected chi connectivity index (χ0v) is 9.09. The fourth-order valence-corrected chi connectivity index (χ4v) is 1.03. The Bertz CT molecular complexity index is 261. The summed E-state index contributed by atoms with van der Waals surface area (Å²) in [6, 6.07) is 4.74. The summed E-state index contributed by atoms with van der Waals surface area (Å²) in [7, 11) is 0. The number of halogens is 2. The molecule has 3 heteroatoms. The molecule has 0 saturated heterocycles. The smallest absolute Gasteiger partial charge is 0.0168 e. The van der Waals surface area contributed by atoms with Crippen LogP contribution in [-0.2, 0) is 28.1 Å². The molecule has 1 rings (SSSR count). The molecule has 0 nitrogen and oxygen atoms in total. The Morgan fingerprint density at radius 3 is 2.54 bits per heavy atom. The first-order valence-corrected chi connectivity index (χ1v) is 4.10. The van der Waals surface area contributed by atoms with E-state index in [2.05, 4.69) is 0 Å². The quantitative estimate of drug-likeness (QED) is 0.539. The molecule has 0 heterocycles. The van der Waals surface area contributed by atoms with Crippen LogP contribution in [0.3, 0.4) is 0 Å². The monoisotopic (exact) mass is 217 g/mol. The van der Waals surface area contributed by atoms with Gasteiger partial charge in [-0.3, -0.25) is 0 Å². The number of hydrogen-bond donors (Lipinski definition) is 0. The van der Waals surface area contributed by atoms with Crippen molar-refractivity contribution in [3.8, 4) is 0 Å². The third-order valence-corrected chi connectivity index (χ3v) is 1.74. The number of aryl methyl sites for hydroxylation is 1. The van der Waals surface area contributed by atoms with Crippen molar-refractivity contribution in [1.29, 1.82) is 0 Å². The van der Waals surface area contributed by atoms with E-state index < -0.39 is 11.6 Å². The largest absolute Gasteiger partial charge is 0.236 e. The maximum atomic E-state index is 12.9.